The molecule has 10 nitrogen and oxygen atoms in total. The summed E-state index contributed by atoms with van der Waals surface area (Å²) in [6.45, 7) is 0.251. The molecule has 2 bridgehead atoms. The summed E-state index contributed by atoms with van der Waals surface area (Å²) in [4.78, 5) is 13.4. The van der Waals surface area contributed by atoms with Gasteiger partial charge >= 0.3 is 6.03 Å². The van der Waals surface area contributed by atoms with Gasteiger partial charge in [0, 0.05) is 6.54 Å². The van der Waals surface area contributed by atoms with E-state index < -0.39 is 28.5 Å². The van der Waals surface area contributed by atoms with Crippen LogP contribution in [0, 0.1) is 0 Å². The summed E-state index contributed by atoms with van der Waals surface area (Å²) in [7, 11) is -4.97. The fourth-order valence-electron chi connectivity index (χ4n) is 2.41. The van der Waals surface area contributed by atoms with Crippen LogP contribution in [0.1, 0.15) is 24.8 Å². The second-order valence-electron chi connectivity index (χ2n) is 4.27. The summed E-state index contributed by atoms with van der Waals surface area (Å²) in [5.41, 5.74) is 0. The summed E-state index contributed by atoms with van der Waals surface area (Å²) >= 11 is 0. The molecule has 3 heterocycles. The summed E-state index contributed by atoms with van der Waals surface area (Å²) < 4.78 is 41.0. The molecule has 0 radical (unpaired) electrons. The summed E-state index contributed by atoms with van der Waals surface area (Å²) in [5, 5.41) is 7.89. The first kappa shape index (κ1) is 12.3. The van der Waals surface area contributed by atoms with Crippen molar-refractivity contribution in [1.29, 1.82) is 0 Å². The average Bonchev–Trinajstić information content (AvgIpc) is 2.93. The second kappa shape index (κ2) is 4.15. The molecular formula is C8H9N4O6S-. The third-order valence-electron chi connectivity index (χ3n) is 3.16. The molecular weight excluding hydrogens is 280 g/mol. The second-order valence-corrected chi connectivity index (χ2v) is 5.23. The van der Waals surface area contributed by atoms with Crippen molar-refractivity contribution in [1.82, 2.24) is 20.2 Å². The van der Waals surface area contributed by atoms with Crippen molar-refractivity contribution in [3.05, 3.63) is 12.3 Å². The first-order chi connectivity index (χ1) is 8.96. The molecule has 3 rings (SSSR count). The zero-order valence-electron chi connectivity index (χ0n) is 9.50. The number of fused-ring (bicyclic) bond motifs is 2. The highest BCUT2D eigenvalue weighted by molar-refractivity contribution is 7.80. The Labute approximate surface area is 107 Å². The monoisotopic (exact) mass is 289 g/mol. The first-order valence-electron chi connectivity index (χ1n) is 5.47. The van der Waals surface area contributed by atoms with Crippen molar-refractivity contribution in [3.8, 4) is 0 Å². The third kappa shape index (κ3) is 2.15. The van der Waals surface area contributed by atoms with E-state index in [1.807, 2.05) is 0 Å². The van der Waals surface area contributed by atoms with E-state index in [1.54, 1.807) is 0 Å². The molecule has 19 heavy (non-hydrogen) atoms. The molecule has 0 aliphatic carbocycles. The largest absolute Gasteiger partial charge is 0.724 e. The number of rotatable bonds is 3. The lowest BCUT2D eigenvalue weighted by atomic mass is 10.0. The highest BCUT2D eigenvalue weighted by Gasteiger charge is 2.48. The summed E-state index contributed by atoms with van der Waals surface area (Å²) in [5.74, 6) is 0.277. The van der Waals surface area contributed by atoms with Crippen molar-refractivity contribution in [2.75, 3.05) is 6.54 Å². The summed E-state index contributed by atoms with van der Waals surface area (Å²) in [6, 6.07) is -1.57. The molecule has 11 heteroatoms. The van der Waals surface area contributed by atoms with Crippen LogP contribution in [0.3, 0.4) is 0 Å². The quantitative estimate of drug-likeness (QED) is 0.533. The highest BCUT2D eigenvalue weighted by atomic mass is 32.3. The number of aromatic nitrogens is 2. The van der Waals surface area contributed by atoms with E-state index in [9.17, 15) is 17.8 Å². The maximum atomic E-state index is 12.0. The van der Waals surface area contributed by atoms with Crippen molar-refractivity contribution in [2.24, 2.45) is 0 Å². The van der Waals surface area contributed by atoms with Crippen LogP contribution in [-0.2, 0) is 14.7 Å². The zero-order chi connectivity index (χ0) is 13.6. The van der Waals surface area contributed by atoms with Gasteiger partial charge < -0.3 is 13.9 Å². The standard InChI is InChI=1S/C8H10N4O6S/c13-8-11-3-5(12(8)18-19(14,15)16)1-2-6(11)7-10-9-4-17-7/h4-6H,1-3H2,(H,14,15,16)/p-1/t5-,6+/m1/s1. The fraction of sp³-hybridized carbons (Fsp3) is 0.625. The van der Waals surface area contributed by atoms with Gasteiger partial charge in [0.15, 0.2) is 0 Å². The maximum absolute atomic E-state index is 12.0. The van der Waals surface area contributed by atoms with E-state index in [0.29, 0.717) is 17.9 Å². The Morgan fingerprint density at radius 1 is 1.47 bits per heavy atom. The van der Waals surface area contributed by atoms with Gasteiger partial charge in [-0.25, -0.2) is 13.2 Å². The van der Waals surface area contributed by atoms with Gasteiger partial charge in [-0.2, -0.15) is 9.35 Å². The Bertz CT molecular complexity index is 586. The molecule has 2 saturated heterocycles. The van der Waals surface area contributed by atoms with Gasteiger partial charge in [0.2, 0.25) is 22.7 Å². The SMILES string of the molecule is O=C1N2C[C@@H](CC[C@H]2c2nnco2)N1OS(=O)(=O)[O-]. The van der Waals surface area contributed by atoms with Gasteiger partial charge in [-0.1, -0.05) is 0 Å². The van der Waals surface area contributed by atoms with Gasteiger partial charge in [0.25, 0.3) is 0 Å². The Morgan fingerprint density at radius 2 is 2.26 bits per heavy atom. The number of urea groups is 1. The minimum Gasteiger partial charge on any atom is -0.724 e. The van der Waals surface area contributed by atoms with E-state index >= 15 is 0 Å². The normalized spacial score (nSPS) is 27.1. The summed E-state index contributed by atoms with van der Waals surface area (Å²) in [6.07, 6.45) is 2.15. The van der Waals surface area contributed by atoms with Crippen LogP contribution in [0.15, 0.2) is 10.8 Å². The third-order valence-corrected chi connectivity index (χ3v) is 3.50. The Kier molecular flexibility index (Phi) is 2.69. The Balaban J connectivity index is 1.84. The number of hydroxylamine groups is 2. The lowest BCUT2D eigenvalue weighted by Crippen LogP contribution is -2.35. The molecule has 0 aromatic carbocycles. The van der Waals surface area contributed by atoms with Crippen LogP contribution >= 0.6 is 0 Å². The molecule has 2 fully saturated rings. The van der Waals surface area contributed by atoms with Crippen LogP contribution in [0.2, 0.25) is 0 Å². The van der Waals surface area contributed by atoms with Crippen molar-refractivity contribution < 1.29 is 26.5 Å². The van der Waals surface area contributed by atoms with E-state index in [2.05, 4.69) is 14.5 Å². The predicted octanol–water partition coefficient (Wildman–Crippen LogP) is -0.597. The number of amides is 2. The molecule has 1 aromatic heterocycles. The molecule has 0 saturated carbocycles. The zero-order valence-corrected chi connectivity index (χ0v) is 10.3. The number of hydrogen-bond acceptors (Lipinski definition) is 8. The fourth-order valence-corrected chi connectivity index (χ4v) is 2.79. The molecule has 0 unspecified atom stereocenters. The van der Waals surface area contributed by atoms with Crippen molar-refractivity contribution in [2.45, 2.75) is 24.9 Å². The molecule has 2 atom stereocenters. The van der Waals surface area contributed by atoms with Crippen LogP contribution in [-0.4, -0.2) is 51.7 Å². The van der Waals surface area contributed by atoms with E-state index in [0.717, 1.165) is 6.39 Å². The van der Waals surface area contributed by atoms with Crippen LogP contribution in [0.4, 0.5) is 4.79 Å². The molecule has 1 aromatic rings. The van der Waals surface area contributed by atoms with E-state index in [1.165, 1.54) is 4.90 Å². The maximum Gasteiger partial charge on any atom is 0.346 e. The minimum absolute atomic E-state index is 0.251. The lowest BCUT2D eigenvalue weighted by Gasteiger charge is -2.27. The topological polar surface area (TPSA) is 129 Å². The van der Waals surface area contributed by atoms with Crippen LogP contribution in [0.5, 0.6) is 0 Å². The van der Waals surface area contributed by atoms with Gasteiger partial charge in [0.1, 0.15) is 6.04 Å². The van der Waals surface area contributed by atoms with Crippen molar-refractivity contribution in [3.63, 3.8) is 0 Å². The Hall–Kier alpha value is -1.72. The van der Waals surface area contributed by atoms with Gasteiger partial charge in [-0.05, 0) is 12.8 Å². The Morgan fingerprint density at radius 3 is 2.89 bits per heavy atom. The number of carbonyl (C=O) groups is 1. The smallest absolute Gasteiger partial charge is 0.346 e. The predicted molar refractivity (Wildman–Crippen MR) is 54.8 cm³/mol. The molecule has 0 spiro atoms. The molecule has 2 amide bonds. The highest BCUT2D eigenvalue weighted by Crippen LogP contribution is 2.37. The molecule has 104 valence electrons. The number of carbonyl (C=O) groups excluding carboxylic acids is 1. The van der Waals surface area contributed by atoms with E-state index in [4.69, 9.17) is 4.42 Å². The number of nitrogens with zero attached hydrogens (tertiary/aromatic N) is 4. The minimum atomic E-state index is -4.97. The van der Waals surface area contributed by atoms with Crippen LogP contribution in [0.25, 0.3) is 0 Å². The van der Waals surface area contributed by atoms with Gasteiger partial charge in [-0.15, -0.1) is 10.2 Å². The van der Waals surface area contributed by atoms with Gasteiger partial charge in [-0.3, -0.25) is 0 Å². The molecule has 2 aliphatic rings. The molecule has 2 aliphatic heterocycles. The first-order valence-corrected chi connectivity index (χ1v) is 6.80. The average molecular weight is 289 g/mol. The number of piperidine rings is 1. The number of hydrogen-bond donors (Lipinski definition) is 0. The van der Waals surface area contributed by atoms with E-state index in [-0.39, 0.29) is 12.4 Å². The molecule has 0 N–H and O–H groups in total. The van der Waals surface area contributed by atoms with Crippen LogP contribution < -0.4 is 0 Å². The lowest BCUT2D eigenvalue weighted by molar-refractivity contribution is -0.0328. The van der Waals surface area contributed by atoms with Gasteiger partial charge in [0.05, 0.1) is 6.04 Å². The van der Waals surface area contributed by atoms with Crippen molar-refractivity contribution >= 4 is 16.4 Å².